The second-order valence-electron chi connectivity index (χ2n) is 3.14. The minimum atomic E-state index is -0.639. The Morgan fingerprint density at radius 3 is 3.07 bits per heavy atom. The average Bonchev–Trinajstić information content (AvgIpc) is 2.84. The zero-order chi connectivity index (χ0) is 10.8. The van der Waals surface area contributed by atoms with Crippen molar-refractivity contribution in [2.75, 3.05) is 6.61 Å². The molecule has 15 heavy (non-hydrogen) atoms. The molecule has 0 bridgehead atoms. The third-order valence-corrected chi connectivity index (χ3v) is 2.00. The summed E-state index contributed by atoms with van der Waals surface area (Å²) in [6.07, 6.45) is 3.26. The van der Waals surface area contributed by atoms with E-state index in [1.54, 1.807) is 17.1 Å². The highest BCUT2D eigenvalue weighted by atomic mass is 16.5. The van der Waals surface area contributed by atoms with Crippen LogP contribution in [0.4, 0.5) is 0 Å². The van der Waals surface area contributed by atoms with Crippen molar-refractivity contribution in [3.05, 3.63) is 18.4 Å². The molecule has 0 saturated carbocycles. The van der Waals surface area contributed by atoms with Crippen LogP contribution in [0.15, 0.2) is 17.0 Å². The SMILES string of the molecule is Cn1cncc1-c1noc([C@@H](N)CO)n1. The highest BCUT2D eigenvalue weighted by Gasteiger charge is 2.16. The number of hydrogen-bond donors (Lipinski definition) is 2. The standard InChI is InChI=1S/C8H11N5O2/c1-13-4-10-2-6(13)7-11-8(15-12-7)5(9)3-14/h2,4-5,14H,3,9H2,1H3/t5-/m0/s1. The zero-order valence-corrected chi connectivity index (χ0v) is 8.16. The van der Waals surface area contributed by atoms with E-state index in [4.69, 9.17) is 15.4 Å². The second-order valence-corrected chi connectivity index (χ2v) is 3.14. The van der Waals surface area contributed by atoms with Gasteiger partial charge in [-0.25, -0.2) is 4.98 Å². The van der Waals surface area contributed by atoms with Crippen LogP contribution in [-0.2, 0) is 7.05 Å². The number of imidazole rings is 1. The lowest BCUT2D eigenvalue weighted by molar-refractivity contribution is 0.237. The molecule has 2 rings (SSSR count). The smallest absolute Gasteiger partial charge is 0.246 e. The monoisotopic (exact) mass is 209 g/mol. The lowest BCUT2D eigenvalue weighted by Gasteiger charge is -1.98. The van der Waals surface area contributed by atoms with E-state index < -0.39 is 6.04 Å². The van der Waals surface area contributed by atoms with Crippen LogP contribution in [0, 0.1) is 0 Å². The van der Waals surface area contributed by atoms with Crippen molar-refractivity contribution < 1.29 is 9.63 Å². The van der Waals surface area contributed by atoms with E-state index in [0.29, 0.717) is 5.82 Å². The number of rotatable bonds is 3. The zero-order valence-electron chi connectivity index (χ0n) is 8.16. The Morgan fingerprint density at radius 2 is 2.47 bits per heavy atom. The van der Waals surface area contributed by atoms with Crippen LogP contribution in [0.5, 0.6) is 0 Å². The van der Waals surface area contributed by atoms with Crippen LogP contribution < -0.4 is 5.73 Å². The molecule has 0 fully saturated rings. The van der Waals surface area contributed by atoms with Crippen molar-refractivity contribution in [2.45, 2.75) is 6.04 Å². The summed E-state index contributed by atoms with van der Waals surface area (Å²) in [5.74, 6) is 0.627. The predicted octanol–water partition coefficient (Wildman–Crippen LogP) is -0.538. The van der Waals surface area contributed by atoms with E-state index in [-0.39, 0.29) is 12.5 Å². The Labute approximate surface area is 85.5 Å². The molecule has 0 radical (unpaired) electrons. The summed E-state index contributed by atoms with van der Waals surface area (Å²) < 4.78 is 6.67. The maximum Gasteiger partial charge on any atom is 0.246 e. The molecular weight excluding hydrogens is 198 g/mol. The van der Waals surface area contributed by atoms with Crippen molar-refractivity contribution in [3.8, 4) is 11.5 Å². The van der Waals surface area contributed by atoms with E-state index in [2.05, 4.69) is 15.1 Å². The van der Waals surface area contributed by atoms with Crippen LogP contribution in [0.25, 0.3) is 11.5 Å². The average molecular weight is 209 g/mol. The van der Waals surface area contributed by atoms with Gasteiger partial charge in [0, 0.05) is 7.05 Å². The molecule has 2 aromatic rings. The Morgan fingerprint density at radius 1 is 1.67 bits per heavy atom. The molecule has 2 aromatic heterocycles. The number of aryl methyl sites for hydroxylation is 1. The Hall–Kier alpha value is -1.73. The molecule has 0 amide bonds. The van der Waals surface area contributed by atoms with Gasteiger partial charge in [0.05, 0.1) is 19.1 Å². The molecule has 2 heterocycles. The molecular formula is C8H11N5O2. The fraction of sp³-hybridized carbons (Fsp3) is 0.375. The molecule has 7 nitrogen and oxygen atoms in total. The fourth-order valence-electron chi connectivity index (χ4n) is 1.14. The van der Waals surface area contributed by atoms with E-state index in [1.165, 1.54) is 0 Å². The van der Waals surface area contributed by atoms with Gasteiger partial charge < -0.3 is 19.9 Å². The van der Waals surface area contributed by atoms with Gasteiger partial charge in [0.2, 0.25) is 11.7 Å². The highest BCUT2D eigenvalue weighted by molar-refractivity contribution is 5.47. The van der Waals surface area contributed by atoms with E-state index in [9.17, 15) is 0 Å². The minimum absolute atomic E-state index is 0.216. The van der Waals surface area contributed by atoms with Crippen LogP contribution in [0.1, 0.15) is 11.9 Å². The Bertz CT molecular complexity index is 449. The summed E-state index contributed by atoms with van der Waals surface area (Å²) in [6.45, 7) is -0.229. The number of nitrogens with two attached hydrogens (primary N) is 1. The Balaban J connectivity index is 2.32. The molecule has 1 atom stereocenters. The molecule has 0 saturated heterocycles. The fourth-order valence-corrected chi connectivity index (χ4v) is 1.14. The van der Waals surface area contributed by atoms with Crippen molar-refractivity contribution in [1.29, 1.82) is 0 Å². The van der Waals surface area contributed by atoms with Crippen LogP contribution in [0.3, 0.4) is 0 Å². The summed E-state index contributed by atoms with van der Waals surface area (Å²) in [5.41, 5.74) is 6.26. The number of hydrogen-bond acceptors (Lipinski definition) is 6. The maximum atomic E-state index is 8.81. The summed E-state index contributed by atoms with van der Waals surface area (Å²) in [5, 5.41) is 12.6. The predicted molar refractivity (Wildman–Crippen MR) is 50.5 cm³/mol. The molecule has 0 unspecified atom stereocenters. The van der Waals surface area contributed by atoms with Gasteiger partial charge in [0.15, 0.2) is 0 Å². The van der Waals surface area contributed by atoms with Gasteiger partial charge in [-0.05, 0) is 0 Å². The lowest BCUT2D eigenvalue weighted by Crippen LogP contribution is -2.14. The van der Waals surface area contributed by atoms with Crippen molar-refractivity contribution in [3.63, 3.8) is 0 Å². The first-order valence-corrected chi connectivity index (χ1v) is 4.39. The van der Waals surface area contributed by atoms with Gasteiger partial charge in [-0.3, -0.25) is 0 Å². The molecule has 0 spiro atoms. The van der Waals surface area contributed by atoms with E-state index in [1.807, 2.05) is 7.05 Å². The largest absolute Gasteiger partial charge is 0.394 e. The van der Waals surface area contributed by atoms with Gasteiger partial charge in [-0.15, -0.1) is 0 Å². The topological polar surface area (TPSA) is 103 Å². The quantitative estimate of drug-likeness (QED) is 0.703. The molecule has 0 aliphatic heterocycles. The van der Waals surface area contributed by atoms with Crippen molar-refractivity contribution >= 4 is 0 Å². The molecule has 3 N–H and O–H groups in total. The third kappa shape index (κ3) is 1.74. The lowest BCUT2D eigenvalue weighted by atomic mass is 10.3. The summed E-state index contributed by atoms with van der Waals surface area (Å²) in [4.78, 5) is 7.99. The third-order valence-electron chi connectivity index (χ3n) is 2.00. The molecule has 7 heteroatoms. The summed E-state index contributed by atoms with van der Waals surface area (Å²) >= 11 is 0. The van der Waals surface area contributed by atoms with E-state index in [0.717, 1.165) is 5.69 Å². The highest BCUT2D eigenvalue weighted by Crippen LogP contribution is 2.16. The second kappa shape index (κ2) is 3.79. The van der Waals surface area contributed by atoms with E-state index >= 15 is 0 Å². The summed E-state index contributed by atoms with van der Waals surface area (Å²) in [7, 11) is 1.82. The number of aliphatic hydroxyl groups excluding tert-OH is 1. The van der Waals surface area contributed by atoms with Crippen LogP contribution in [0.2, 0.25) is 0 Å². The summed E-state index contributed by atoms with van der Waals surface area (Å²) in [6, 6.07) is -0.639. The van der Waals surface area contributed by atoms with Crippen molar-refractivity contribution in [1.82, 2.24) is 19.7 Å². The first-order chi connectivity index (χ1) is 7.22. The van der Waals surface area contributed by atoms with Gasteiger partial charge in [-0.1, -0.05) is 5.16 Å². The van der Waals surface area contributed by atoms with Gasteiger partial charge in [-0.2, -0.15) is 4.98 Å². The molecule has 0 aliphatic rings. The Kier molecular flexibility index (Phi) is 2.48. The number of nitrogens with zero attached hydrogens (tertiary/aromatic N) is 4. The number of aliphatic hydroxyl groups is 1. The maximum absolute atomic E-state index is 8.81. The van der Waals surface area contributed by atoms with Gasteiger partial charge >= 0.3 is 0 Å². The molecule has 0 aliphatic carbocycles. The normalized spacial score (nSPS) is 13.0. The first kappa shape index (κ1) is 9.81. The minimum Gasteiger partial charge on any atom is -0.394 e. The van der Waals surface area contributed by atoms with Gasteiger partial charge in [0.1, 0.15) is 11.7 Å². The van der Waals surface area contributed by atoms with Gasteiger partial charge in [0.25, 0.3) is 0 Å². The van der Waals surface area contributed by atoms with Crippen molar-refractivity contribution in [2.24, 2.45) is 12.8 Å². The molecule has 0 aromatic carbocycles. The molecule has 80 valence electrons. The first-order valence-electron chi connectivity index (χ1n) is 4.39. The van der Waals surface area contributed by atoms with Crippen LogP contribution >= 0.6 is 0 Å². The van der Waals surface area contributed by atoms with Crippen LogP contribution in [-0.4, -0.2) is 31.4 Å². The number of aromatic nitrogens is 4.